The van der Waals surface area contributed by atoms with Gasteiger partial charge >= 0.3 is 0 Å². The van der Waals surface area contributed by atoms with Gasteiger partial charge in [0, 0.05) is 0 Å². The molecule has 4 heteroatoms. The van der Waals surface area contributed by atoms with Crippen LogP contribution >= 0.6 is 12.2 Å². The summed E-state index contributed by atoms with van der Waals surface area (Å²) in [7, 11) is 0. The number of rotatable bonds is 1. The maximum Gasteiger partial charge on any atom is 0.256 e. The fourth-order valence-electron chi connectivity index (χ4n) is 2.11. The van der Waals surface area contributed by atoms with E-state index < -0.39 is 5.54 Å². The summed E-state index contributed by atoms with van der Waals surface area (Å²) < 4.78 is 0. The highest BCUT2D eigenvalue weighted by Crippen LogP contribution is 2.27. The van der Waals surface area contributed by atoms with E-state index in [1.807, 2.05) is 32.9 Å². The van der Waals surface area contributed by atoms with Gasteiger partial charge in [-0.25, -0.2) is 0 Å². The minimum Gasteiger partial charge on any atom is -0.345 e. The van der Waals surface area contributed by atoms with Crippen molar-refractivity contribution in [1.29, 1.82) is 0 Å². The quantitative estimate of drug-likeness (QED) is 0.724. The maximum atomic E-state index is 11.9. The van der Waals surface area contributed by atoms with E-state index in [4.69, 9.17) is 12.2 Å². The molecular weight excluding hydrogens is 220 g/mol. The van der Waals surface area contributed by atoms with Crippen molar-refractivity contribution in [2.75, 3.05) is 0 Å². The molecule has 2 N–H and O–H groups in total. The van der Waals surface area contributed by atoms with Gasteiger partial charge in [0.2, 0.25) is 0 Å². The minimum absolute atomic E-state index is 0.0931. The number of nitrogens with one attached hydrogen (secondary N) is 2. The third-order valence-electron chi connectivity index (χ3n) is 2.97. The molecule has 2 rings (SSSR count). The molecule has 1 heterocycles. The number of carbonyl (C=O) groups excluding carboxylic acids is 1. The Kier molecular flexibility index (Phi) is 2.46. The number of thiocarbonyl (C=S) groups is 1. The lowest BCUT2D eigenvalue weighted by Gasteiger charge is -2.24. The second-order valence-electron chi connectivity index (χ2n) is 4.35. The number of aryl methyl sites for hydroxylation is 2. The monoisotopic (exact) mass is 234 g/mol. The molecule has 3 nitrogen and oxygen atoms in total. The van der Waals surface area contributed by atoms with Crippen LogP contribution in [0.15, 0.2) is 18.2 Å². The molecule has 84 valence electrons. The summed E-state index contributed by atoms with van der Waals surface area (Å²) in [6, 6.07) is 6.05. The van der Waals surface area contributed by atoms with Gasteiger partial charge in [-0.2, -0.15) is 0 Å². The molecule has 0 bridgehead atoms. The Labute approximate surface area is 100 Å². The summed E-state index contributed by atoms with van der Waals surface area (Å²) in [4.78, 5) is 11.9. The van der Waals surface area contributed by atoms with Crippen LogP contribution in [0.1, 0.15) is 23.6 Å². The molecule has 1 aliphatic rings. The van der Waals surface area contributed by atoms with Crippen LogP contribution in [0.4, 0.5) is 0 Å². The van der Waals surface area contributed by atoms with Crippen molar-refractivity contribution in [3.05, 3.63) is 34.9 Å². The average molecular weight is 234 g/mol. The molecule has 16 heavy (non-hydrogen) atoms. The Morgan fingerprint density at radius 3 is 2.50 bits per heavy atom. The van der Waals surface area contributed by atoms with E-state index in [1.54, 1.807) is 0 Å². The molecule has 1 aromatic carbocycles. The number of amides is 1. The van der Waals surface area contributed by atoms with Gasteiger partial charge in [0.1, 0.15) is 5.54 Å². The van der Waals surface area contributed by atoms with Crippen molar-refractivity contribution < 1.29 is 4.79 Å². The third-order valence-corrected chi connectivity index (χ3v) is 3.17. The minimum atomic E-state index is -0.741. The molecule has 1 fully saturated rings. The lowest BCUT2D eigenvalue weighted by molar-refractivity contribution is -0.123. The largest absolute Gasteiger partial charge is 0.345 e. The van der Waals surface area contributed by atoms with E-state index in [-0.39, 0.29) is 5.91 Å². The number of hydrogen-bond acceptors (Lipinski definition) is 2. The highest BCUT2D eigenvalue weighted by atomic mass is 32.1. The Morgan fingerprint density at radius 2 is 2.00 bits per heavy atom. The van der Waals surface area contributed by atoms with Crippen LogP contribution in [0.3, 0.4) is 0 Å². The van der Waals surface area contributed by atoms with E-state index in [2.05, 4.69) is 16.7 Å². The summed E-state index contributed by atoms with van der Waals surface area (Å²) in [5.74, 6) is -0.0931. The first kappa shape index (κ1) is 11.1. The van der Waals surface area contributed by atoms with Crippen molar-refractivity contribution in [2.24, 2.45) is 0 Å². The summed E-state index contributed by atoms with van der Waals surface area (Å²) in [5, 5.41) is 6.05. The molecule has 0 saturated carbocycles. The Hall–Kier alpha value is -1.42. The maximum absolute atomic E-state index is 11.9. The van der Waals surface area contributed by atoms with Crippen molar-refractivity contribution in [2.45, 2.75) is 26.3 Å². The molecule has 1 unspecified atom stereocenters. The van der Waals surface area contributed by atoms with Crippen LogP contribution in [-0.2, 0) is 10.3 Å². The van der Waals surface area contributed by atoms with E-state index in [1.165, 1.54) is 5.56 Å². The molecule has 1 aliphatic heterocycles. The van der Waals surface area contributed by atoms with Gasteiger partial charge in [-0.05, 0) is 44.1 Å². The number of benzene rings is 1. The van der Waals surface area contributed by atoms with E-state index in [9.17, 15) is 4.79 Å². The zero-order chi connectivity index (χ0) is 11.9. The topological polar surface area (TPSA) is 41.1 Å². The summed E-state index contributed by atoms with van der Waals surface area (Å²) in [6.07, 6.45) is 0. The molecule has 1 amide bonds. The van der Waals surface area contributed by atoms with E-state index in [0.717, 1.165) is 11.1 Å². The first-order valence-corrected chi connectivity index (χ1v) is 5.55. The van der Waals surface area contributed by atoms with Crippen molar-refractivity contribution >= 4 is 23.2 Å². The van der Waals surface area contributed by atoms with Gasteiger partial charge in [0.25, 0.3) is 5.91 Å². The third kappa shape index (κ3) is 1.59. The Balaban J connectivity index is 2.51. The number of hydrogen-bond donors (Lipinski definition) is 2. The van der Waals surface area contributed by atoms with Gasteiger partial charge in [-0.1, -0.05) is 23.8 Å². The van der Waals surface area contributed by atoms with Crippen LogP contribution in [0.25, 0.3) is 0 Å². The molecule has 0 aromatic heterocycles. The normalized spacial score (nSPS) is 24.2. The summed E-state index contributed by atoms with van der Waals surface area (Å²) in [6.45, 7) is 5.88. The van der Waals surface area contributed by atoms with Gasteiger partial charge in [0.15, 0.2) is 5.11 Å². The summed E-state index contributed by atoms with van der Waals surface area (Å²) >= 11 is 4.97. The van der Waals surface area contributed by atoms with Gasteiger partial charge < -0.3 is 10.6 Å². The average Bonchev–Trinajstić information content (AvgIpc) is 2.40. The zero-order valence-electron chi connectivity index (χ0n) is 9.55. The molecule has 0 aliphatic carbocycles. The van der Waals surface area contributed by atoms with Gasteiger partial charge in [-0.15, -0.1) is 0 Å². The second kappa shape index (κ2) is 3.56. The molecule has 1 aromatic rings. The van der Waals surface area contributed by atoms with Crippen molar-refractivity contribution in [1.82, 2.24) is 10.6 Å². The fraction of sp³-hybridized carbons (Fsp3) is 0.333. The van der Waals surface area contributed by atoms with Crippen molar-refractivity contribution in [3.8, 4) is 0 Å². The zero-order valence-corrected chi connectivity index (χ0v) is 10.4. The van der Waals surface area contributed by atoms with Crippen LogP contribution < -0.4 is 10.6 Å². The lowest BCUT2D eigenvalue weighted by atomic mass is 9.88. The highest BCUT2D eigenvalue weighted by molar-refractivity contribution is 7.80. The molecule has 0 radical (unpaired) electrons. The van der Waals surface area contributed by atoms with Crippen LogP contribution in [-0.4, -0.2) is 11.0 Å². The molecule has 1 saturated heterocycles. The molecule has 0 spiro atoms. The lowest BCUT2D eigenvalue weighted by Crippen LogP contribution is -2.41. The SMILES string of the molecule is Cc1ccc(C2(C)NC(=S)NC2=O)c(C)c1. The van der Waals surface area contributed by atoms with Gasteiger partial charge in [-0.3, -0.25) is 4.79 Å². The fourth-order valence-corrected chi connectivity index (χ4v) is 2.40. The Morgan fingerprint density at radius 1 is 1.31 bits per heavy atom. The summed E-state index contributed by atoms with van der Waals surface area (Å²) in [5.41, 5.74) is 2.51. The Bertz CT molecular complexity index is 484. The van der Waals surface area contributed by atoms with Crippen LogP contribution in [0.5, 0.6) is 0 Å². The smallest absolute Gasteiger partial charge is 0.256 e. The number of carbonyl (C=O) groups is 1. The van der Waals surface area contributed by atoms with E-state index >= 15 is 0 Å². The molecular formula is C12H14N2OS. The second-order valence-corrected chi connectivity index (χ2v) is 4.76. The standard InChI is InChI=1S/C12H14N2OS/c1-7-4-5-9(8(2)6-7)12(3)10(15)13-11(16)14-12/h4-6H,1-3H3,(H2,13,14,15,16). The van der Waals surface area contributed by atoms with Crippen LogP contribution in [0, 0.1) is 13.8 Å². The van der Waals surface area contributed by atoms with Crippen LogP contribution in [0.2, 0.25) is 0 Å². The predicted octanol–water partition coefficient (Wildman–Crippen LogP) is 1.52. The first-order valence-electron chi connectivity index (χ1n) is 5.15. The molecule has 1 atom stereocenters. The van der Waals surface area contributed by atoms with Crippen molar-refractivity contribution in [3.63, 3.8) is 0 Å². The van der Waals surface area contributed by atoms with E-state index in [0.29, 0.717) is 5.11 Å². The first-order chi connectivity index (χ1) is 7.43. The van der Waals surface area contributed by atoms with Gasteiger partial charge in [0.05, 0.1) is 0 Å². The predicted molar refractivity (Wildman–Crippen MR) is 67.1 cm³/mol. The highest BCUT2D eigenvalue weighted by Gasteiger charge is 2.42.